The number of sulfonamides is 1. The largest absolute Gasteiger partial charge is 0.497 e. The number of pyridine rings is 1. The lowest BCUT2D eigenvalue weighted by Gasteiger charge is -2.11. The van der Waals surface area contributed by atoms with Crippen LogP contribution >= 0.6 is 22.9 Å². The van der Waals surface area contributed by atoms with Crippen molar-refractivity contribution in [2.45, 2.75) is 18.2 Å². The van der Waals surface area contributed by atoms with E-state index in [1.165, 1.54) is 23.5 Å². The number of aryl methyl sites for hydroxylation is 1. The molecule has 0 aliphatic carbocycles. The Balaban J connectivity index is 1.57. The number of ether oxygens (including phenoxy) is 1. The first kappa shape index (κ1) is 24.6. The Morgan fingerprint density at radius 2 is 1.74 bits per heavy atom. The molecule has 0 bridgehead atoms. The summed E-state index contributed by atoms with van der Waals surface area (Å²) in [5.74, 6) is 0.559. The summed E-state index contributed by atoms with van der Waals surface area (Å²) in [4.78, 5) is 21.9. The molecule has 0 aliphatic rings. The maximum atomic E-state index is 12.9. The second kappa shape index (κ2) is 10.4. The van der Waals surface area contributed by atoms with Crippen LogP contribution in [-0.4, -0.2) is 31.4 Å². The summed E-state index contributed by atoms with van der Waals surface area (Å²) in [5, 5.41) is 3.33. The molecule has 8 nitrogen and oxygen atoms in total. The van der Waals surface area contributed by atoms with Crippen LogP contribution in [0.25, 0.3) is 10.4 Å². The van der Waals surface area contributed by atoms with Crippen LogP contribution in [0.1, 0.15) is 11.3 Å². The van der Waals surface area contributed by atoms with Gasteiger partial charge >= 0.3 is 0 Å². The van der Waals surface area contributed by atoms with Crippen molar-refractivity contribution in [1.29, 1.82) is 0 Å². The maximum Gasteiger partial charge on any atom is 0.263 e. The van der Waals surface area contributed by atoms with Gasteiger partial charge in [0.25, 0.3) is 10.0 Å². The Labute approximate surface area is 212 Å². The van der Waals surface area contributed by atoms with Gasteiger partial charge in [0, 0.05) is 5.56 Å². The summed E-state index contributed by atoms with van der Waals surface area (Å²) in [6, 6.07) is 18.4. The fourth-order valence-corrected chi connectivity index (χ4v) is 5.47. The first-order valence-corrected chi connectivity index (χ1v) is 13.1. The van der Waals surface area contributed by atoms with Crippen LogP contribution in [0, 0.1) is 6.92 Å². The van der Waals surface area contributed by atoms with E-state index in [-0.39, 0.29) is 28.2 Å². The van der Waals surface area contributed by atoms with Crippen molar-refractivity contribution in [2.24, 2.45) is 0 Å². The topological polar surface area (TPSA) is 110 Å². The van der Waals surface area contributed by atoms with E-state index < -0.39 is 10.0 Å². The van der Waals surface area contributed by atoms with Crippen molar-refractivity contribution < 1.29 is 17.9 Å². The van der Waals surface area contributed by atoms with Gasteiger partial charge < -0.3 is 10.1 Å². The molecule has 180 valence electrons. The number of hydrogen-bond donors (Lipinski definition) is 2. The molecule has 2 aromatic carbocycles. The molecule has 2 heterocycles. The van der Waals surface area contributed by atoms with Gasteiger partial charge in [-0.25, -0.2) is 18.4 Å². The zero-order valence-corrected chi connectivity index (χ0v) is 21.2. The number of aromatic nitrogens is 2. The molecule has 0 aliphatic heterocycles. The highest BCUT2D eigenvalue weighted by Crippen LogP contribution is 2.37. The number of nitrogens with zero attached hydrogens (tertiary/aromatic N) is 2. The molecule has 0 unspecified atom stereocenters. The molecule has 0 saturated heterocycles. The zero-order valence-electron chi connectivity index (χ0n) is 18.8. The number of halogens is 1. The Kier molecular flexibility index (Phi) is 7.34. The summed E-state index contributed by atoms with van der Waals surface area (Å²) in [6.07, 6.45) is 0.169. The van der Waals surface area contributed by atoms with E-state index >= 15 is 0 Å². The van der Waals surface area contributed by atoms with Crippen LogP contribution in [0.2, 0.25) is 5.15 Å². The third kappa shape index (κ3) is 5.97. The smallest absolute Gasteiger partial charge is 0.263 e. The Hall–Kier alpha value is -3.47. The second-order valence-corrected chi connectivity index (χ2v) is 10.5. The standard InChI is InChI=1S/C24H21ClN4O4S2/c1-15-22(34-24(26-15)28-21(30)14-16-8-10-17(33-2)11-9-16)19-12-13-20(25)27-23(19)29-35(31,32)18-6-4-3-5-7-18/h3-13H,14H2,1-2H3,(H,27,29)(H,26,28,30). The van der Waals surface area contributed by atoms with Gasteiger partial charge in [-0.3, -0.25) is 9.52 Å². The minimum atomic E-state index is -3.89. The Morgan fingerprint density at radius 1 is 1.03 bits per heavy atom. The van der Waals surface area contributed by atoms with Gasteiger partial charge in [-0.1, -0.05) is 53.3 Å². The Morgan fingerprint density at radius 3 is 2.43 bits per heavy atom. The number of thiazole rings is 1. The van der Waals surface area contributed by atoms with Crippen LogP contribution < -0.4 is 14.8 Å². The highest BCUT2D eigenvalue weighted by Gasteiger charge is 2.21. The summed E-state index contributed by atoms with van der Waals surface area (Å²) in [7, 11) is -2.31. The van der Waals surface area contributed by atoms with E-state index in [2.05, 4.69) is 20.0 Å². The molecule has 0 fully saturated rings. The number of hydrogen-bond acceptors (Lipinski definition) is 7. The average molecular weight is 529 g/mol. The molecule has 11 heteroatoms. The van der Waals surface area contributed by atoms with Gasteiger partial charge in [0.1, 0.15) is 16.7 Å². The van der Waals surface area contributed by atoms with Crippen molar-refractivity contribution in [3.63, 3.8) is 0 Å². The highest BCUT2D eigenvalue weighted by molar-refractivity contribution is 7.92. The monoisotopic (exact) mass is 528 g/mol. The molecular formula is C24H21ClN4O4S2. The lowest BCUT2D eigenvalue weighted by atomic mass is 10.1. The number of carbonyl (C=O) groups is 1. The molecule has 0 spiro atoms. The van der Waals surface area contributed by atoms with Crippen LogP contribution in [0.15, 0.2) is 71.6 Å². The van der Waals surface area contributed by atoms with E-state index in [4.69, 9.17) is 16.3 Å². The predicted octanol–water partition coefficient (Wildman–Crippen LogP) is 5.16. The number of anilines is 2. The molecule has 2 aromatic heterocycles. The quantitative estimate of drug-likeness (QED) is 0.306. The predicted molar refractivity (Wildman–Crippen MR) is 138 cm³/mol. The van der Waals surface area contributed by atoms with Gasteiger partial charge in [-0.05, 0) is 48.9 Å². The first-order valence-electron chi connectivity index (χ1n) is 10.4. The van der Waals surface area contributed by atoms with Gasteiger partial charge in [-0.2, -0.15) is 0 Å². The maximum absolute atomic E-state index is 12.9. The zero-order chi connectivity index (χ0) is 25.0. The first-order chi connectivity index (χ1) is 16.7. The number of rotatable bonds is 8. The minimum absolute atomic E-state index is 0.0733. The van der Waals surface area contributed by atoms with Gasteiger partial charge in [0.15, 0.2) is 5.13 Å². The summed E-state index contributed by atoms with van der Waals surface area (Å²) in [5.41, 5.74) is 1.94. The highest BCUT2D eigenvalue weighted by atomic mass is 35.5. The summed E-state index contributed by atoms with van der Waals surface area (Å²) < 4.78 is 33.4. The molecule has 4 rings (SSSR count). The van der Waals surface area contributed by atoms with E-state index in [0.717, 1.165) is 5.56 Å². The third-order valence-corrected chi connectivity index (χ3v) is 7.63. The molecule has 1 amide bonds. The number of amides is 1. The lowest BCUT2D eigenvalue weighted by Crippen LogP contribution is -2.14. The van der Waals surface area contributed by atoms with Crippen LogP contribution in [0.4, 0.5) is 10.9 Å². The summed E-state index contributed by atoms with van der Waals surface area (Å²) in [6.45, 7) is 1.77. The SMILES string of the molecule is COc1ccc(CC(=O)Nc2nc(C)c(-c3ccc(Cl)nc3NS(=O)(=O)c3ccccc3)s2)cc1. The molecule has 35 heavy (non-hydrogen) atoms. The normalized spacial score (nSPS) is 11.2. The van der Waals surface area contributed by atoms with Crippen molar-refractivity contribution in [2.75, 3.05) is 17.1 Å². The Bertz CT molecular complexity index is 1460. The molecule has 0 radical (unpaired) electrons. The molecule has 4 aromatic rings. The van der Waals surface area contributed by atoms with Crippen molar-refractivity contribution in [1.82, 2.24) is 9.97 Å². The van der Waals surface area contributed by atoms with Crippen LogP contribution in [0.5, 0.6) is 5.75 Å². The third-order valence-electron chi connectivity index (χ3n) is 4.96. The van der Waals surface area contributed by atoms with Crippen LogP contribution in [0.3, 0.4) is 0 Å². The average Bonchev–Trinajstić information content (AvgIpc) is 3.19. The van der Waals surface area contributed by atoms with E-state index in [1.807, 2.05) is 12.1 Å². The van der Waals surface area contributed by atoms with Gasteiger partial charge in [-0.15, -0.1) is 0 Å². The lowest BCUT2D eigenvalue weighted by molar-refractivity contribution is -0.115. The molecular weight excluding hydrogens is 508 g/mol. The summed E-state index contributed by atoms with van der Waals surface area (Å²) >= 11 is 7.28. The second-order valence-electron chi connectivity index (χ2n) is 7.46. The van der Waals surface area contributed by atoms with Crippen LogP contribution in [-0.2, 0) is 21.2 Å². The molecule has 2 N–H and O–H groups in total. The number of carbonyl (C=O) groups excluding carboxylic acids is 1. The van der Waals surface area contributed by atoms with E-state index in [0.29, 0.717) is 27.0 Å². The minimum Gasteiger partial charge on any atom is -0.497 e. The molecule has 0 saturated carbocycles. The number of nitrogens with one attached hydrogen (secondary N) is 2. The van der Waals surface area contributed by atoms with Crippen molar-refractivity contribution >= 4 is 49.8 Å². The van der Waals surface area contributed by atoms with Gasteiger partial charge in [0.2, 0.25) is 5.91 Å². The molecule has 0 atom stereocenters. The number of benzene rings is 2. The fourth-order valence-electron chi connectivity index (χ4n) is 3.27. The van der Waals surface area contributed by atoms with E-state index in [1.54, 1.807) is 56.5 Å². The van der Waals surface area contributed by atoms with Gasteiger partial charge in [0.05, 0.1) is 29.0 Å². The van der Waals surface area contributed by atoms with E-state index in [9.17, 15) is 13.2 Å². The van der Waals surface area contributed by atoms with Crippen molar-refractivity contribution in [3.8, 4) is 16.2 Å². The van der Waals surface area contributed by atoms with Crippen molar-refractivity contribution in [3.05, 3.63) is 83.1 Å². The number of methoxy groups -OCH3 is 1. The fraction of sp³-hybridized carbons (Fsp3) is 0.125.